The Balaban J connectivity index is 2.03. The highest BCUT2D eigenvalue weighted by Crippen LogP contribution is 2.37. The number of aryl methyl sites for hydroxylation is 1. The van der Waals surface area contributed by atoms with Crippen LogP contribution in [0.1, 0.15) is 26.8 Å². The molecule has 102 valence electrons. The molecule has 1 unspecified atom stereocenters. The van der Waals surface area contributed by atoms with Crippen LogP contribution in [0.2, 0.25) is 0 Å². The Morgan fingerprint density at radius 3 is 2.80 bits per heavy atom. The molecule has 0 saturated heterocycles. The maximum atomic E-state index is 12.6. The molecule has 5 nitrogen and oxygen atoms in total. The molecule has 2 aromatic rings. The third kappa shape index (κ3) is 1.89. The first kappa shape index (κ1) is 12.8. The Hall–Kier alpha value is -2.21. The molecule has 0 fully saturated rings. The number of aromatic nitrogens is 1. The Kier molecular flexibility index (Phi) is 3.02. The lowest BCUT2D eigenvalue weighted by Gasteiger charge is -2.16. The lowest BCUT2D eigenvalue weighted by atomic mass is 10.0. The fraction of sp³-hybridized carbons (Fsp3) is 0.214. The van der Waals surface area contributed by atoms with Crippen molar-refractivity contribution in [2.24, 2.45) is 0 Å². The largest absolute Gasteiger partial charge is 0.481 e. The van der Waals surface area contributed by atoms with Crippen LogP contribution in [0.25, 0.3) is 0 Å². The van der Waals surface area contributed by atoms with Crippen LogP contribution < -0.4 is 4.90 Å². The van der Waals surface area contributed by atoms with Crippen LogP contribution in [-0.4, -0.2) is 28.5 Å². The average Bonchev–Trinajstić information content (AvgIpc) is 3.01. The van der Waals surface area contributed by atoms with E-state index < -0.39 is 11.9 Å². The van der Waals surface area contributed by atoms with E-state index >= 15 is 0 Å². The van der Waals surface area contributed by atoms with Gasteiger partial charge in [-0.2, -0.15) is 0 Å². The molecule has 1 aromatic carbocycles. The number of hydrogen-bond donors (Lipinski definition) is 1. The molecule has 1 atom stereocenters. The van der Waals surface area contributed by atoms with E-state index in [0.717, 1.165) is 0 Å². The van der Waals surface area contributed by atoms with Crippen molar-refractivity contribution < 1.29 is 14.7 Å². The number of benzene rings is 1. The van der Waals surface area contributed by atoms with E-state index in [1.54, 1.807) is 30.6 Å². The van der Waals surface area contributed by atoms with Gasteiger partial charge in [-0.15, -0.1) is 11.3 Å². The molecule has 1 aliphatic rings. The van der Waals surface area contributed by atoms with Crippen molar-refractivity contribution in [2.75, 3.05) is 11.4 Å². The van der Waals surface area contributed by atoms with Crippen molar-refractivity contribution in [3.63, 3.8) is 0 Å². The molecule has 20 heavy (non-hydrogen) atoms. The number of fused-ring (bicyclic) bond motifs is 1. The summed E-state index contributed by atoms with van der Waals surface area (Å²) in [6.07, 6.45) is 0. The molecule has 0 saturated carbocycles. The van der Waals surface area contributed by atoms with E-state index in [-0.39, 0.29) is 12.5 Å². The molecule has 1 aromatic heterocycles. The third-order valence-corrected chi connectivity index (χ3v) is 4.37. The highest BCUT2D eigenvalue weighted by atomic mass is 32.1. The van der Waals surface area contributed by atoms with Gasteiger partial charge in [0.25, 0.3) is 5.91 Å². The van der Waals surface area contributed by atoms with Crippen molar-refractivity contribution in [1.29, 1.82) is 0 Å². The molecule has 2 heterocycles. The van der Waals surface area contributed by atoms with Gasteiger partial charge in [-0.3, -0.25) is 9.59 Å². The van der Waals surface area contributed by atoms with Gasteiger partial charge in [-0.1, -0.05) is 18.2 Å². The van der Waals surface area contributed by atoms with E-state index in [4.69, 9.17) is 0 Å². The number of anilines is 1. The summed E-state index contributed by atoms with van der Waals surface area (Å²) >= 11 is 1.28. The minimum Gasteiger partial charge on any atom is -0.481 e. The van der Waals surface area contributed by atoms with Crippen molar-refractivity contribution in [2.45, 2.75) is 12.8 Å². The Morgan fingerprint density at radius 2 is 2.15 bits per heavy atom. The van der Waals surface area contributed by atoms with Crippen LogP contribution in [0.15, 0.2) is 29.8 Å². The Morgan fingerprint density at radius 1 is 1.40 bits per heavy atom. The molecule has 6 heteroatoms. The summed E-state index contributed by atoms with van der Waals surface area (Å²) in [6.45, 7) is 1.95. The number of thiazole rings is 1. The number of nitrogens with zero attached hydrogens (tertiary/aromatic N) is 2. The van der Waals surface area contributed by atoms with E-state index in [0.29, 0.717) is 21.8 Å². The van der Waals surface area contributed by atoms with E-state index in [9.17, 15) is 14.7 Å². The smallest absolute Gasteiger partial charge is 0.312 e. The number of aliphatic carboxylic acids is 1. The second-order valence-electron chi connectivity index (χ2n) is 4.63. The first-order valence-corrected chi connectivity index (χ1v) is 7.01. The fourth-order valence-corrected chi connectivity index (χ4v) is 3.19. The van der Waals surface area contributed by atoms with E-state index in [2.05, 4.69) is 4.98 Å². The molecular weight excluding hydrogens is 276 g/mol. The molecule has 3 rings (SSSR count). The quantitative estimate of drug-likeness (QED) is 0.920. The second kappa shape index (κ2) is 4.72. The zero-order valence-corrected chi connectivity index (χ0v) is 11.6. The van der Waals surface area contributed by atoms with E-state index in [1.165, 1.54) is 16.2 Å². The van der Waals surface area contributed by atoms with Crippen LogP contribution in [-0.2, 0) is 4.79 Å². The minimum absolute atomic E-state index is 0.171. The Bertz CT molecular complexity index is 695. The summed E-state index contributed by atoms with van der Waals surface area (Å²) in [7, 11) is 0. The van der Waals surface area contributed by atoms with E-state index in [1.807, 2.05) is 6.07 Å². The molecule has 1 N–H and O–H groups in total. The minimum atomic E-state index is -0.909. The monoisotopic (exact) mass is 288 g/mol. The lowest BCUT2D eigenvalue weighted by molar-refractivity contribution is -0.138. The maximum absolute atomic E-state index is 12.6. The van der Waals surface area contributed by atoms with Gasteiger partial charge in [0.1, 0.15) is 10.8 Å². The fourth-order valence-electron chi connectivity index (χ4n) is 2.44. The summed E-state index contributed by atoms with van der Waals surface area (Å²) in [5.41, 5.74) is 3.67. The molecular formula is C14H12N2O3S. The third-order valence-electron chi connectivity index (χ3n) is 3.45. The number of hydrogen-bond acceptors (Lipinski definition) is 4. The van der Waals surface area contributed by atoms with Crippen LogP contribution in [0.3, 0.4) is 0 Å². The predicted octanol–water partition coefficient (Wildman–Crippen LogP) is 2.28. The maximum Gasteiger partial charge on any atom is 0.312 e. The summed E-state index contributed by atoms with van der Waals surface area (Å²) in [4.78, 5) is 30.1. The zero-order chi connectivity index (χ0) is 14.3. The van der Waals surface area contributed by atoms with Crippen LogP contribution in [0.4, 0.5) is 5.69 Å². The average molecular weight is 288 g/mol. The first-order chi connectivity index (χ1) is 9.59. The molecule has 0 radical (unpaired) electrons. The second-order valence-corrected chi connectivity index (χ2v) is 5.49. The van der Waals surface area contributed by atoms with Crippen molar-refractivity contribution >= 4 is 28.9 Å². The van der Waals surface area contributed by atoms with Gasteiger partial charge in [0.05, 0.1) is 11.2 Å². The number of amides is 1. The van der Waals surface area contributed by atoms with Gasteiger partial charge < -0.3 is 10.0 Å². The van der Waals surface area contributed by atoms with Gasteiger partial charge in [0.2, 0.25) is 0 Å². The van der Waals surface area contributed by atoms with Gasteiger partial charge in [0, 0.05) is 12.2 Å². The molecule has 1 amide bonds. The SMILES string of the molecule is Cc1ncsc1C(=O)N1CC(C(=O)O)c2ccccc21. The van der Waals surface area contributed by atoms with Gasteiger partial charge in [-0.25, -0.2) is 4.98 Å². The van der Waals surface area contributed by atoms with Gasteiger partial charge >= 0.3 is 5.97 Å². The zero-order valence-electron chi connectivity index (χ0n) is 10.7. The lowest BCUT2D eigenvalue weighted by Crippen LogP contribution is -2.31. The van der Waals surface area contributed by atoms with Gasteiger partial charge in [-0.05, 0) is 18.6 Å². The standard InChI is InChI=1S/C14H12N2O3S/c1-8-12(20-7-15-8)13(17)16-6-10(14(18)19)9-4-2-3-5-11(9)16/h2-5,7,10H,6H2,1H3,(H,18,19). The van der Waals surface area contributed by atoms with Crippen LogP contribution in [0.5, 0.6) is 0 Å². The van der Waals surface area contributed by atoms with Gasteiger partial charge in [0.15, 0.2) is 0 Å². The number of rotatable bonds is 2. The Labute approximate surface area is 119 Å². The topological polar surface area (TPSA) is 70.5 Å². The number of carbonyl (C=O) groups excluding carboxylic acids is 1. The summed E-state index contributed by atoms with van der Waals surface area (Å²) in [5.74, 6) is -1.75. The number of carboxylic acid groups (broad SMARTS) is 1. The summed E-state index contributed by atoms with van der Waals surface area (Å²) in [6, 6.07) is 7.15. The van der Waals surface area contributed by atoms with Crippen LogP contribution in [0, 0.1) is 6.92 Å². The van der Waals surface area contributed by atoms with Crippen molar-refractivity contribution in [1.82, 2.24) is 4.98 Å². The normalized spacial score (nSPS) is 17.1. The highest BCUT2D eigenvalue weighted by molar-refractivity contribution is 7.12. The molecule has 1 aliphatic heterocycles. The number of carboxylic acids is 1. The highest BCUT2D eigenvalue weighted by Gasteiger charge is 2.37. The van der Waals surface area contributed by atoms with Crippen molar-refractivity contribution in [3.8, 4) is 0 Å². The van der Waals surface area contributed by atoms with Crippen molar-refractivity contribution in [3.05, 3.63) is 45.9 Å². The molecule has 0 aliphatic carbocycles. The number of carbonyl (C=O) groups is 2. The molecule has 0 spiro atoms. The predicted molar refractivity (Wildman–Crippen MR) is 75.3 cm³/mol. The summed E-state index contributed by atoms with van der Waals surface area (Å²) in [5, 5.41) is 9.30. The first-order valence-electron chi connectivity index (χ1n) is 6.13. The number of para-hydroxylation sites is 1. The summed E-state index contributed by atoms with van der Waals surface area (Å²) < 4.78 is 0. The van der Waals surface area contributed by atoms with Crippen LogP contribution >= 0.6 is 11.3 Å². The molecule has 0 bridgehead atoms.